The lowest BCUT2D eigenvalue weighted by molar-refractivity contribution is 0.313. The van der Waals surface area contributed by atoms with E-state index in [9.17, 15) is 8.42 Å². The lowest BCUT2D eigenvalue weighted by atomic mass is 9.86. The molecule has 0 radical (unpaired) electrons. The van der Waals surface area contributed by atoms with Crippen LogP contribution in [0, 0.1) is 5.92 Å². The van der Waals surface area contributed by atoms with Gasteiger partial charge < -0.3 is 0 Å². The van der Waals surface area contributed by atoms with E-state index >= 15 is 0 Å². The summed E-state index contributed by atoms with van der Waals surface area (Å²) in [4.78, 5) is 0. The van der Waals surface area contributed by atoms with E-state index in [1.807, 2.05) is 0 Å². The van der Waals surface area contributed by atoms with Crippen molar-refractivity contribution >= 4 is 21.6 Å². The van der Waals surface area contributed by atoms with E-state index in [1.165, 1.54) is 0 Å². The van der Waals surface area contributed by atoms with Gasteiger partial charge in [0.25, 0.3) is 0 Å². The minimum absolute atomic E-state index is 0.0450. The van der Waals surface area contributed by atoms with E-state index in [2.05, 4.69) is 4.72 Å². The molecule has 2 atom stereocenters. The lowest BCUT2D eigenvalue weighted by Gasteiger charge is -2.31. The Balaban J connectivity index is 2.63. The van der Waals surface area contributed by atoms with Crippen molar-refractivity contribution in [2.45, 2.75) is 50.8 Å². The third-order valence-corrected chi connectivity index (χ3v) is 5.31. The van der Waals surface area contributed by atoms with Crippen LogP contribution in [0.15, 0.2) is 0 Å². The van der Waals surface area contributed by atoms with Crippen LogP contribution in [0.25, 0.3) is 0 Å². The Bertz CT molecular complexity index is 290. The molecule has 1 saturated carbocycles. The van der Waals surface area contributed by atoms with Gasteiger partial charge in [0.15, 0.2) is 0 Å². The Labute approximate surface area is 97.6 Å². The van der Waals surface area contributed by atoms with E-state index in [-0.39, 0.29) is 11.3 Å². The van der Waals surface area contributed by atoms with Gasteiger partial charge in [-0.1, -0.05) is 12.8 Å². The Morgan fingerprint density at radius 3 is 2.47 bits per heavy atom. The van der Waals surface area contributed by atoms with Gasteiger partial charge in [0.1, 0.15) is 0 Å². The smallest absolute Gasteiger partial charge is 0.212 e. The van der Waals surface area contributed by atoms with E-state index in [1.54, 1.807) is 13.8 Å². The summed E-state index contributed by atoms with van der Waals surface area (Å²) in [5.74, 6) is 0.847. The van der Waals surface area contributed by atoms with Gasteiger partial charge in [-0.25, -0.2) is 13.1 Å². The molecule has 1 fully saturated rings. The van der Waals surface area contributed by atoms with Crippen LogP contribution >= 0.6 is 11.6 Å². The highest BCUT2D eigenvalue weighted by Crippen LogP contribution is 2.26. The molecule has 1 aliphatic carbocycles. The largest absolute Gasteiger partial charge is 0.214 e. The van der Waals surface area contributed by atoms with E-state index in [0.29, 0.717) is 11.8 Å². The molecule has 0 aromatic heterocycles. The van der Waals surface area contributed by atoms with Crippen LogP contribution in [-0.2, 0) is 10.0 Å². The average molecular weight is 254 g/mol. The van der Waals surface area contributed by atoms with Crippen molar-refractivity contribution in [2.75, 3.05) is 5.88 Å². The van der Waals surface area contributed by atoms with Gasteiger partial charge in [0.05, 0.1) is 5.25 Å². The summed E-state index contributed by atoms with van der Waals surface area (Å²) in [5.41, 5.74) is 0. The zero-order valence-electron chi connectivity index (χ0n) is 9.37. The number of halogens is 1. The monoisotopic (exact) mass is 253 g/mol. The number of alkyl halides is 1. The predicted molar refractivity (Wildman–Crippen MR) is 63.7 cm³/mol. The molecular formula is C10H20ClNO2S. The third kappa shape index (κ3) is 3.61. The molecule has 0 saturated heterocycles. The molecule has 0 amide bonds. The van der Waals surface area contributed by atoms with Crippen LogP contribution in [-0.4, -0.2) is 25.6 Å². The van der Waals surface area contributed by atoms with Gasteiger partial charge in [-0.3, -0.25) is 0 Å². The highest BCUT2D eigenvalue weighted by atomic mass is 35.5. The number of nitrogens with one attached hydrogen (secondary N) is 1. The van der Waals surface area contributed by atoms with Crippen molar-refractivity contribution in [3.05, 3.63) is 0 Å². The van der Waals surface area contributed by atoms with Crippen molar-refractivity contribution < 1.29 is 8.42 Å². The fourth-order valence-electron chi connectivity index (χ4n) is 1.89. The molecule has 15 heavy (non-hydrogen) atoms. The Hall–Kier alpha value is 0.200. The van der Waals surface area contributed by atoms with Crippen LogP contribution in [0.4, 0.5) is 0 Å². The molecule has 0 bridgehead atoms. The average Bonchev–Trinajstić information content (AvgIpc) is 2.18. The number of sulfonamides is 1. The van der Waals surface area contributed by atoms with E-state index in [0.717, 1.165) is 25.7 Å². The molecular weight excluding hydrogens is 234 g/mol. The minimum atomic E-state index is -3.15. The summed E-state index contributed by atoms with van der Waals surface area (Å²) in [6.45, 7) is 3.39. The molecule has 3 nitrogen and oxygen atoms in total. The van der Waals surface area contributed by atoms with Gasteiger partial charge in [-0.2, -0.15) is 0 Å². The first kappa shape index (κ1) is 13.3. The maximum atomic E-state index is 11.7. The lowest BCUT2D eigenvalue weighted by Crippen LogP contribution is -2.45. The van der Waals surface area contributed by atoms with Crippen molar-refractivity contribution in [3.63, 3.8) is 0 Å². The van der Waals surface area contributed by atoms with Crippen molar-refractivity contribution in [3.8, 4) is 0 Å². The summed E-state index contributed by atoms with van der Waals surface area (Å²) in [6.07, 6.45) is 4.22. The molecule has 0 aliphatic heterocycles. The first-order chi connectivity index (χ1) is 6.97. The van der Waals surface area contributed by atoms with Crippen LogP contribution in [0.3, 0.4) is 0 Å². The third-order valence-electron chi connectivity index (χ3n) is 3.04. The Morgan fingerprint density at radius 1 is 1.33 bits per heavy atom. The zero-order valence-corrected chi connectivity index (χ0v) is 10.9. The molecule has 0 aromatic rings. The zero-order chi connectivity index (χ0) is 11.5. The normalized spacial score (nSPS) is 28.3. The second kappa shape index (κ2) is 5.51. The van der Waals surface area contributed by atoms with Crippen molar-refractivity contribution in [1.29, 1.82) is 0 Å². The molecule has 1 N–H and O–H groups in total. The van der Waals surface area contributed by atoms with Crippen LogP contribution in [0.1, 0.15) is 39.5 Å². The first-order valence-corrected chi connectivity index (χ1v) is 7.62. The summed E-state index contributed by atoms with van der Waals surface area (Å²) >= 11 is 5.85. The first-order valence-electron chi connectivity index (χ1n) is 5.54. The molecule has 0 heterocycles. The Kier molecular flexibility index (Phi) is 4.87. The van der Waals surface area contributed by atoms with Gasteiger partial charge in [-0.05, 0) is 32.6 Å². The van der Waals surface area contributed by atoms with Gasteiger partial charge in [0.2, 0.25) is 10.0 Å². The summed E-state index contributed by atoms with van der Waals surface area (Å²) < 4.78 is 26.2. The van der Waals surface area contributed by atoms with Gasteiger partial charge in [-0.15, -0.1) is 11.6 Å². The number of hydrogen-bond acceptors (Lipinski definition) is 2. The quantitative estimate of drug-likeness (QED) is 0.780. The van der Waals surface area contributed by atoms with Crippen molar-refractivity contribution in [1.82, 2.24) is 4.72 Å². The number of rotatable bonds is 4. The predicted octanol–water partition coefficient (Wildman–Crippen LogP) is 2.11. The highest BCUT2D eigenvalue weighted by molar-refractivity contribution is 7.90. The summed E-state index contributed by atoms with van der Waals surface area (Å²) in [6, 6.07) is 0.0450. The number of hydrogen-bond donors (Lipinski definition) is 1. The topological polar surface area (TPSA) is 46.2 Å². The van der Waals surface area contributed by atoms with E-state index < -0.39 is 10.0 Å². The second-order valence-electron chi connectivity index (χ2n) is 4.52. The summed E-state index contributed by atoms with van der Waals surface area (Å²) in [5, 5.41) is -0.365. The van der Waals surface area contributed by atoms with Crippen molar-refractivity contribution in [2.24, 2.45) is 5.92 Å². The Morgan fingerprint density at radius 2 is 1.93 bits per heavy atom. The fraction of sp³-hybridized carbons (Fsp3) is 1.00. The molecule has 1 rings (SSSR count). The maximum absolute atomic E-state index is 11.7. The van der Waals surface area contributed by atoms with Gasteiger partial charge >= 0.3 is 0 Å². The minimum Gasteiger partial charge on any atom is -0.212 e. The SMILES string of the molecule is CC(C)S(=O)(=O)NC1CCCCC1CCl. The van der Waals surface area contributed by atoms with Gasteiger partial charge in [0, 0.05) is 11.9 Å². The second-order valence-corrected chi connectivity index (χ2v) is 7.09. The highest BCUT2D eigenvalue weighted by Gasteiger charge is 2.29. The van der Waals surface area contributed by atoms with E-state index in [4.69, 9.17) is 11.6 Å². The molecule has 0 aromatic carbocycles. The molecule has 90 valence electrons. The molecule has 1 aliphatic rings. The standard InChI is InChI=1S/C10H20ClNO2S/c1-8(2)15(13,14)12-10-6-4-3-5-9(10)7-11/h8-10,12H,3-7H2,1-2H3. The summed E-state index contributed by atoms with van der Waals surface area (Å²) in [7, 11) is -3.15. The van der Waals surface area contributed by atoms with Crippen LogP contribution in [0.2, 0.25) is 0 Å². The van der Waals surface area contributed by atoms with Crippen LogP contribution in [0.5, 0.6) is 0 Å². The molecule has 0 spiro atoms. The molecule has 2 unspecified atom stereocenters. The fourth-order valence-corrected chi connectivity index (χ4v) is 3.27. The van der Waals surface area contributed by atoms with Crippen LogP contribution < -0.4 is 4.72 Å². The molecule has 5 heteroatoms. The maximum Gasteiger partial charge on any atom is 0.214 e.